The molecule has 0 spiro atoms. The predicted molar refractivity (Wildman–Crippen MR) is 46.8 cm³/mol. The second kappa shape index (κ2) is 2.95. The molecule has 3 nitrogen and oxygen atoms in total. The zero-order valence-electron chi connectivity index (χ0n) is 6.58. The molecule has 1 aliphatic heterocycles. The second-order valence-electron chi connectivity index (χ2n) is 2.80. The van der Waals surface area contributed by atoms with Crippen molar-refractivity contribution in [1.82, 2.24) is 5.32 Å². The number of hydrogen-bond donors (Lipinski definition) is 2. The van der Waals surface area contributed by atoms with E-state index in [1.54, 1.807) is 0 Å². The van der Waals surface area contributed by atoms with Crippen molar-refractivity contribution in [2.45, 2.75) is 12.7 Å². The van der Waals surface area contributed by atoms with Gasteiger partial charge in [0.15, 0.2) is 6.29 Å². The molecule has 3 heteroatoms. The second-order valence-corrected chi connectivity index (χ2v) is 2.80. The van der Waals surface area contributed by atoms with Crippen molar-refractivity contribution in [2.75, 3.05) is 5.32 Å². The summed E-state index contributed by atoms with van der Waals surface area (Å²) in [4.78, 5) is 10.4. The molecule has 0 amide bonds. The summed E-state index contributed by atoms with van der Waals surface area (Å²) in [5.74, 6) is 0. The highest BCUT2D eigenvalue weighted by atomic mass is 16.1. The van der Waals surface area contributed by atoms with Crippen LogP contribution in [-0.4, -0.2) is 12.5 Å². The molecule has 1 aromatic rings. The van der Waals surface area contributed by atoms with Gasteiger partial charge >= 0.3 is 0 Å². The largest absolute Gasteiger partial charge is 0.364 e. The summed E-state index contributed by atoms with van der Waals surface area (Å²) in [5.41, 5.74) is 2.25. The zero-order chi connectivity index (χ0) is 8.39. The summed E-state index contributed by atoms with van der Waals surface area (Å²) in [6.45, 7) is 0.757. The predicted octanol–water partition coefficient (Wildman–Crippen LogP) is 0.727. The SMILES string of the molecule is O=CC1NCc2ccccc2N1. The van der Waals surface area contributed by atoms with E-state index in [9.17, 15) is 4.79 Å². The van der Waals surface area contributed by atoms with Gasteiger partial charge in [0, 0.05) is 12.2 Å². The molecule has 0 radical (unpaired) electrons. The Labute approximate surface area is 70.8 Å². The molecule has 1 aliphatic rings. The Morgan fingerprint density at radius 2 is 2.25 bits per heavy atom. The van der Waals surface area contributed by atoms with Gasteiger partial charge in [0.05, 0.1) is 0 Å². The number of nitrogens with one attached hydrogen (secondary N) is 2. The van der Waals surface area contributed by atoms with E-state index in [0.717, 1.165) is 18.5 Å². The summed E-state index contributed by atoms with van der Waals surface area (Å²) < 4.78 is 0. The molecular weight excluding hydrogens is 152 g/mol. The molecule has 1 unspecified atom stereocenters. The fourth-order valence-electron chi connectivity index (χ4n) is 1.34. The Morgan fingerprint density at radius 3 is 3.08 bits per heavy atom. The highest BCUT2D eigenvalue weighted by Crippen LogP contribution is 2.18. The van der Waals surface area contributed by atoms with Crippen LogP contribution in [0.2, 0.25) is 0 Å². The quantitative estimate of drug-likeness (QED) is 0.598. The molecular formula is C9H10N2O. The van der Waals surface area contributed by atoms with E-state index < -0.39 is 0 Å². The lowest BCUT2D eigenvalue weighted by atomic mass is 10.1. The van der Waals surface area contributed by atoms with E-state index >= 15 is 0 Å². The molecule has 2 N–H and O–H groups in total. The Bertz CT molecular complexity index is 298. The van der Waals surface area contributed by atoms with Crippen molar-refractivity contribution >= 4 is 12.0 Å². The minimum Gasteiger partial charge on any atom is -0.364 e. The van der Waals surface area contributed by atoms with Gasteiger partial charge < -0.3 is 5.32 Å². The minimum absolute atomic E-state index is 0.236. The average Bonchev–Trinajstić information content (AvgIpc) is 2.17. The van der Waals surface area contributed by atoms with Crippen LogP contribution in [0.25, 0.3) is 0 Å². The van der Waals surface area contributed by atoms with Crippen LogP contribution in [0.3, 0.4) is 0 Å². The Hall–Kier alpha value is -1.35. The van der Waals surface area contributed by atoms with Crippen molar-refractivity contribution in [1.29, 1.82) is 0 Å². The van der Waals surface area contributed by atoms with Crippen LogP contribution < -0.4 is 10.6 Å². The smallest absolute Gasteiger partial charge is 0.157 e. The van der Waals surface area contributed by atoms with Crippen LogP contribution in [0, 0.1) is 0 Å². The number of anilines is 1. The molecule has 1 aromatic carbocycles. The fourth-order valence-corrected chi connectivity index (χ4v) is 1.34. The maximum absolute atomic E-state index is 10.4. The van der Waals surface area contributed by atoms with Crippen LogP contribution in [0.1, 0.15) is 5.56 Å². The van der Waals surface area contributed by atoms with Gasteiger partial charge in [0.25, 0.3) is 0 Å². The number of benzene rings is 1. The lowest BCUT2D eigenvalue weighted by Crippen LogP contribution is -2.41. The third-order valence-electron chi connectivity index (χ3n) is 1.98. The van der Waals surface area contributed by atoms with Gasteiger partial charge in [-0.2, -0.15) is 0 Å². The van der Waals surface area contributed by atoms with Crippen molar-refractivity contribution in [3.63, 3.8) is 0 Å². The first-order valence-corrected chi connectivity index (χ1v) is 3.93. The van der Waals surface area contributed by atoms with Crippen LogP contribution in [0.15, 0.2) is 24.3 Å². The molecule has 1 heterocycles. The van der Waals surface area contributed by atoms with Crippen LogP contribution in [0.4, 0.5) is 5.69 Å². The third kappa shape index (κ3) is 1.19. The van der Waals surface area contributed by atoms with Gasteiger partial charge in [-0.15, -0.1) is 0 Å². The van der Waals surface area contributed by atoms with E-state index in [-0.39, 0.29) is 6.17 Å². The number of hydrogen-bond acceptors (Lipinski definition) is 3. The topological polar surface area (TPSA) is 41.1 Å². The summed E-state index contributed by atoms with van der Waals surface area (Å²) in [5, 5.41) is 6.11. The number of fused-ring (bicyclic) bond motifs is 1. The third-order valence-corrected chi connectivity index (χ3v) is 1.98. The van der Waals surface area contributed by atoms with Gasteiger partial charge in [-0.3, -0.25) is 10.1 Å². The first-order valence-electron chi connectivity index (χ1n) is 3.93. The van der Waals surface area contributed by atoms with E-state index in [1.807, 2.05) is 24.3 Å². The van der Waals surface area contributed by atoms with Crippen LogP contribution in [-0.2, 0) is 11.3 Å². The Balaban J connectivity index is 2.28. The maximum Gasteiger partial charge on any atom is 0.157 e. The Morgan fingerprint density at radius 1 is 1.42 bits per heavy atom. The normalized spacial score (nSPS) is 20.8. The number of carbonyl (C=O) groups is 1. The molecule has 2 rings (SSSR count). The van der Waals surface area contributed by atoms with E-state index in [2.05, 4.69) is 10.6 Å². The standard InChI is InChI=1S/C9H10N2O/c12-6-9-10-5-7-3-1-2-4-8(7)11-9/h1-4,6,9-11H,5H2. The zero-order valence-corrected chi connectivity index (χ0v) is 6.58. The fraction of sp³-hybridized carbons (Fsp3) is 0.222. The molecule has 0 bridgehead atoms. The molecule has 0 saturated carbocycles. The molecule has 0 aromatic heterocycles. The minimum atomic E-state index is -0.236. The van der Waals surface area contributed by atoms with Crippen molar-refractivity contribution in [3.8, 4) is 0 Å². The van der Waals surface area contributed by atoms with Crippen molar-refractivity contribution < 1.29 is 4.79 Å². The molecule has 0 fully saturated rings. The highest BCUT2D eigenvalue weighted by molar-refractivity contribution is 5.67. The summed E-state index contributed by atoms with van der Waals surface area (Å²) in [6, 6.07) is 7.96. The number of aldehydes is 1. The molecule has 0 saturated heterocycles. The molecule has 0 aliphatic carbocycles. The monoisotopic (exact) mass is 162 g/mol. The van der Waals surface area contributed by atoms with Crippen molar-refractivity contribution in [2.24, 2.45) is 0 Å². The first kappa shape index (κ1) is 7.31. The Kier molecular flexibility index (Phi) is 1.80. The maximum atomic E-state index is 10.4. The summed E-state index contributed by atoms with van der Waals surface area (Å²) >= 11 is 0. The molecule has 1 atom stereocenters. The lowest BCUT2D eigenvalue weighted by molar-refractivity contribution is -0.109. The van der Waals surface area contributed by atoms with Crippen LogP contribution >= 0.6 is 0 Å². The number of rotatable bonds is 1. The highest BCUT2D eigenvalue weighted by Gasteiger charge is 2.14. The van der Waals surface area contributed by atoms with Gasteiger partial charge in [-0.05, 0) is 11.6 Å². The number of carbonyl (C=O) groups excluding carboxylic acids is 1. The molecule has 12 heavy (non-hydrogen) atoms. The van der Waals surface area contributed by atoms with Crippen molar-refractivity contribution in [3.05, 3.63) is 29.8 Å². The van der Waals surface area contributed by atoms with Crippen LogP contribution in [0.5, 0.6) is 0 Å². The summed E-state index contributed by atoms with van der Waals surface area (Å²) in [7, 11) is 0. The van der Waals surface area contributed by atoms with E-state index in [4.69, 9.17) is 0 Å². The lowest BCUT2D eigenvalue weighted by Gasteiger charge is -2.24. The molecule has 62 valence electrons. The van der Waals surface area contributed by atoms with Gasteiger partial charge in [-0.25, -0.2) is 0 Å². The summed E-state index contributed by atoms with van der Waals surface area (Å²) in [6.07, 6.45) is 0.635. The van der Waals surface area contributed by atoms with E-state index in [0.29, 0.717) is 0 Å². The number of para-hydroxylation sites is 1. The van der Waals surface area contributed by atoms with E-state index in [1.165, 1.54) is 5.56 Å². The van der Waals surface area contributed by atoms with Gasteiger partial charge in [-0.1, -0.05) is 18.2 Å². The first-order chi connectivity index (χ1) is 5.90. The van der Waals surface area contributed by atoms with Gasteiger partial charge in [0.1, 0.15) is 6.17 Å². The average molecular weight is 162 g/mol. The van der Waals surface area contributed by atoms with Gasteiger partial charge in [0.2, 0.25) is 0 Å².